The summed E-state index contributed by atoms with van der Waals surface area (Å²) in [6.07, 6.45) is 6.09. The number of likely N-dealkylation sites (tertiary alicyclic amines) is 1. The third-order valence-corrected chi connectivity index (χ3v) is 6.51. The lowest BCUT2D eigenvalue weighted by Crippen LogP contribution is -2.40. The number of nitrogens with zero attached hydrogens (tertiary/aromatic N) is 3. The highest BCUT2D eigenvalue weighted by Crippen LogP contribution is 2.42. The monoisotopic (exact) mass is 373 g/mol. The van der Waals surface area contributed by atoms with Gasteiger partial charge in [-0.15, -0.1) is 0 Å². The van der Waals surface area contributed by atoms with Crippen molar-refractivity contribution in [3.63, 3.8) is 0 Å². The fourth-order valence-electron chi connectivity index (χ4n) is 5.13. The molecule has 1 saturated heterocycles. The lowest BCUT2D eigenvalue weighted by atomic mass is 9.91. The first-order valence-electron chi connectivity index (χ1n) is 10.6. The molecule has 28 heavy (non-hydrogen) atoms. The maximum atomic E-state index is 13.2. The number of hydrogen-bond donors (Lipinski definition) is 0. The second kappa shape index (κ2) is 7.42. The van der Waals surface area contributed by atoms with Crippen LogP contribution in [0.2, 0.25) is 0 Å². The molecule has 0 aromatic heterocycles. The number of rotatable bonds is 4. The van der Waals surface area contributed by atoms with E-state index in [9.17, 15) is 4.79 Å². The maximum absolute atomic E-state index is 13.2. The quantitative estimate of drug-likeness (QED) is 0.797. The average molecular weight is 374 g/mol. The summed E-state index contributed by atoms with van der Waals surface area (Å²) in [4.78, 5) is 15.4. The Balaban J connectivity index is 1.46. The summed E-state index contributed by atoms with van der Waals surface area (Å²) in [5, 5.41) is 7.03. The van der Waals surface area contributed by atoms with Crippen LogP contribution in [0, 0.1) is 5.92 Å². The minimum absolute atomic E-state index is 0.133. The highest BCUT2D eigenvalue weighted by molar-refractivity contribution is 6.42. The van der Waals surface area contributed by atoms with Gasteiger partial charge in [-0.05, 0) is 24.0 Å². The zero-order valence-electron chi connectivity index (χ0n) is 16.2. The predicted molar refractivity (Wildman–Crippen MR) is 111 cm³/mol. The molecule has 2 aromatic carbocycles. The van der Waals surface area contributed by atoms with Crippen molar-refractivity contribution in [2.45, 2.75) is 50.7 Å². The smallest absolute Gasteiger partial charge is 0.270 e. The first-order chi connectivity index (χ1) is 13.8. The van der Waals surface area contributed by atoms with Gasteiger partial charge in [0.15, 0.2) is 0 Å². The molecule has 144 valence electrons. The summed E-state index contributed by atoms with van der Waals surface area (Å²) >= 11 is 0. The van der Waals surface area contributed by atoms with Gasteiger partial charge in [-0.25, -0.2) is 0 Å². The molecule has 2 fully saturated rings. The Morgan fingerprint density at radius 2 is 1.57 bits per heavy atom. The lowest BCUT2D eigenvalue weighted by Gasteiger charge is -2.33. The van der Waals surface area contributed by atoms with Gasteiger partial charge >= 0.3 is 0 Å². The van der Waals surface area contributed by atoms with E-state index in [0.717, 1.165) is 31.6 Å². The van der Waals surface area contributed by atoms with E-state index >= 15 is 0 Å². The van der Waals surface area contributed by atoms with Crippen molar-refractivity contribution < 1.29 is 4.79 Å². The summed E-state index contributed by atoms with van der Waals surface area (Å²) in [5.74, 6) is 0.342. The van der Waals surface area contributed by atoms with Gasteiger partial charge in [0.2, 0.25) is 0 Å². The van der Waals surface area contributed by atoms with Crippen LogP contribution < -0.4 is 0 Å². The Labute approximate surface area is 166 Å². The molecular weight excluding hydrogens is 346 g/mol. The van der Waals surface area contributed by atoms with E-state index in [1.165, 1.54) is 30.4 Å². The van der Waals surface area contributed by atoms with Gasteiger partial charge in [-0.3, -0.25) is 9.80 Å². The molecule has 0 spiro atoms. The molecule has 5 rings (SSSR count). The topological polar surface area (TPSA) is 35.9 Å². The highest BCUT2D eigenvalue weighted by atomic mass is 16.2. The minimum atomic E-state index is 0.133. The number of carbonyl (C=O) groups excluding carboxylic acids is 1. The zero-order valence-corrected chi connectivity index (χ0v) is 16.2. The number of hydrogen-bond acceptors (Lipinski definition) is 3. The zero-order chi connectivity index (χ0) is 18.9. The van der Waals surface area contributed by atoms with E-state index in [4.69, 9.17) is 5.10 Å². The first kappa shape index (κ1) is 17.5. The normalized spacial score (nSPS) is 25.1. The van der Waals surface area contributed by atoms with Crippen molar-refractivity contribution >= 4 is 11.6 Å². The summed E-state index contributed by atoms with van der Waals surface area (Å²) in [5.41, 5.74) is 3.25. The van der Waals surface area contributed by atoms with Crippen molar-refractivity contribution in [3.05, 3.63) is 71.8 Å². The van der Waals surface area contributed by atoms with Gasteiger partial charge in [0.25, 0.3) is 5.91 Å². The van der Waals surface area contributed by atoms with E-state index in [2.05, 4.69) is 64.5 Å². The summed E-state index contributed by atoms with van der Waals surface area (Å²) < 4.78 is 0. The van der Waals surface area contributed by atoms with E-state index in [1.807, 2.05) is 6.07 Å². The first-order valence-corrected chi connectivity index (χ1v) is 10.6. The van der Waals surface area contributed by atoms with Crippen molar-refractivity contribution in [1.82, 2.24) is 9.91 Å². The van der Waals surface area contributed by atoms with Gasteiger partial charge in [0.1, 0.15) is 5.71 Å². The Bertz CT molecular complexity index is 858. The van der Waals surface area contributed by atoms with E-state index < -0.39 is 0 Å². The largest absolute Gasteiger partial charge is 0.334 e. The van der Waals surface area contributed by atoms with Crippen LogP contribution in [0.15, 0.2) is 65.8 Å². The Kier molecular flexibility index (Phi) is 4.63. The fraction of sp³-hybridized carbons (Fsp3) is 0.417. The molecule has 2 aliphatic heterocycles. The van der Waals surface area contributed by atoms with E-state index in [1.54, 1.807) is 0 Å². The third kappa shape index (κ3) is 3.11. The summed E-state index contributed by atoms with van der Waals surface area (Å²) in [7, 11) is 0. The van der Waals surface area contributed by atoms with Crippen LogP contribution >= 0.6 is 0 Å². The minimum Gasteiger partial charge on any atom is -0.334 e. The fourth-order valence-corrected chi connectivity index (χ4v) is 5.13. The maximum Gasteiger partial charge on any atom is 0.270 e. The summed E-state index contributed by atoms with van der Waals surface area (Å²) in [6, 6.07) is 21.5. The van der Waals surface area contributed by atoms with Crippen LogP contribution in [-0.2, 0) is 11.3 Å². The highest BCUT2D eigenvalue weighted by Gasteiger charge is 2.50. The van der Waals surface area contributed by atoms with Crippen LogP contribution in [0.1, 0.15) is 49.3 Å². The molecule has 1 amide bonds. The molecule has 0 unspecified atom stereocenters. The van der Waals surface area contributed by atoms with Crippen LogP contribution in [0.3, 0.4) is 0 Å². The molecular formula is C24H27N3O. The van der Waals surface area contributed by atoms with Crippen LogP contribution in [0.5, 0.6) is 0 Å². The van der Waals surface area contributed by atoms with Crippen molar-refractivity contribution in [1.29, 1.82) is 0 Å². The third-order valence-electron chi connectivity index (χ3n) is 6.51. The van der Waals surface area contributed by atoms with Gasteiger partial charge in [-0.1, -0.05) is 79.9 Å². The van der Waals surface area contributed by atoms with Crippen molar-refractivity contribution in [3.8, 4) is 0 Å². The molecule has 2 atom stereocenters. The second-order valence-electron chi connectivity index (χ2n) is 8.28. The van der Waals surface area contributed by atoms with Crippen LogP contribution in [-0.4, -0.2) is 34.1 Å². The van der Waals surface area contributed by atoms with Crippen molar-refractivity contribution in [2.24, 2.45) is 11.0 Å². The number of amides is 1. The molecule has 0 N–H and O–H groups in total. The molecule has 2 aromatic rings. The molecule has 0 radical (unpaired) electrons. The van der Waals surface area contributed by atoms with E-state index in [-0.39, 0.29) is 17.9 Å². The molecule has 0 bridgehead atoms. The van der Waals surface area contributed by atoms with Gasteiger partial charge < -0.3 is 4.90 Å². The molecule has 1 saturated carbocycles. The lowest BCUT2D eigenvalue weighted by molar-refractivity contribution is -0.125. The van der Waals surface area contributed by atoms with Gasteiger partial charge in [-0.2, -0.15) is 5.10 Å². The Morgan fingerprint density at radius 3 is 2.29 bits per heavy atom. The van der Waals surface area contributed by atoms with Gasteiger partial charge in [0.05, 0.1) is 18.5 Å². The predicted octanol–water partition coefficient (Wildman–Crippen LogP) is 4.39. The number of fused-ring (bicyclic) bond motifs is 1. The van der Waals surface area contributed by atoms with Crippen LogP contribution in [0.25, 0.3) is 0 Å². The summed E-state index contributed by atoms with van der Waals surface area (Å²) in [6.45, 7) is 1.55. The van der Waals surface area contributed by atoms with E-state index in [0.29, 0.717) is 6.04 Å². The molecule has 3 aliphatic rings. The molecule has 1 aliphatic carbocycles. The molecule has 4 heteroatoms. The Hall–Kier alpha value is -2.62. The molecule has 4 nitrogen and oxygen atoms in total. The number of benzene rings is 2. The van der Waals surface area contributed by atoms with Crippen LogP contribution in [0.4, 0.5) is 0 Å². The van der Waals surface area contributed by atoms with Crippen molar-refractivity contribution in [2.75, 3.05) is 6.54 Å². The van der Waals surface area contributed by atoms with Gasteiger partial charge in [0, 0.05) is 12.6 Å². The standard InChI is InChI=1S/C24H27N3O/c28-24-22-21(17-26(24)20-14-8-3-9-15-20)23(19-12-6-2-7-13-19)27(25-22)16-18-10-4-1-5-11-18/h1-2,4-7,10-13,20-21,23H,3,8-9,14-17H2/t21-,23-/m1/s1. The number of hydrazone groups is 1. The SMILES string of the molecule is O=C1C2=NN(Cc3ccccc3)[C@H](c3ccccc3)[C@@H]2CN1C1CCCCC1. The second-order valence-corrected chi connectivity index (χ2v) is 8.28. The molecule has 2 heterocycles. The Morgan fingerprint density at radius 1 is 0.893 bits per heavy atom. The average Bonchev–Trinajstić information content (AvgIpc) is 3.26. The number of carbonyl (C=O) groups is 1.